The van der Waals surface area contributed by atoms with Crippen molar-refractivity contribution >= 4 is 5.78 Å². The summed E-state index contributed by atoms with van der Waals surface area (Å²) >= 11 is 0. The molecule has 0 spiro atoms. The lowest BCUT2D eigenvalue weighted by Gasteiger charge is -2.29. The molecule has 0 radical (unpaired) electrons. The fourth-order valence-corrected chi connectivity index (χ4v) is 1.89. The lowest BCUT2D eigenvalue weighted by molar-refractivity contribution is -0.125. The van der Waals surface area contributed by atoms with Crippen LogP contribution in [0.4, 0.5) is 8.78 Å². The number of carbonyl (C=O) groups excluding carboxylic acids is 1. The smallest absolute Gasteiger partial charge is 0.242 e. The van der Waals surface area contributed by atoms with E-state index in [0.717, 1.165) is 6.42 Å². The van der Waals surface area contributed by atoms with Gasteiger partial charge in [-0.2, -0.15) is 0 Å². The zero-order chi connectivity index (χ0) is 9.14. The highest BCUT2D eigenvalue weighted by Crippen LogP contribution is 2.34. The maximum Gasteiger partial charge on any atom is 0.242 e. The fourth-order valence-electron chi connectivity index (χ4n) is 1.89. The van der Waals surface area contributed by atoms with Gasteiger partial charge in [0.25, 0.3) is 0 Å². The Bertz CT molecular complexity index is 168. The standard InChI is InChI=1S/C9H14F2O/c1-2-6-3-4-7(12)5-8(6)9(10)11/h6,8-9H,2-5H2,1H3. The van der Waals surface area contributed by atoms with Gasteiger partial charge in [-0.25, -0.2) is 8.78 Å². The second-order valence-electron chi connectivity index (χ2n) is 3.45. The zero-order valence-corrected chi connectivity index (χ0v) is 7.22. The van der Waals surface area contributed by atoms with Crippen molar-refractivity contribution in [2.45, 2.75) is 39.0 Å². The van der Waals surface area contributed by atoms with Crippen LogP contribution in [0.5, 0.6) is 0 Å². The van der Waals surface area contributed by atoms with E-state index >= 15 is 0 Å². The highest BCUT2D eigenvalue weighted by molar-refractivity contribution is 5.79. The van der Waals surface area contributed by atoms with E-state index in [1.165, 1.54) is 0 Å². The molecule has 0 N–H and O–H groups in total. The van der Waals surface area contributed by atoms with E-state index in [1.807, 2.05) is 6.92 Å². The molecule has 0 aromatic rings. The Morgan fingerprint density at radius 1 is 1.58 bits per heavy atom. The number of carbonyl (C=O) groups is 1. The predicted octanol–water partition coefficient (Wildman–Crippen LogP) is 2.65. The minimum Gasteiger partial charge on any atom is -0.300 e. The topological polar surface area (TPSA) is 17.1 Å². The van der Waals surface area contributed by atoms with E-state index in [1.54, 1.807) is 0 Å². The summed E-state index contributed by atoms with van der Waals surface area (Å²) in [5.74, 6) is -0.607. The van der Waals surface area contributed by atoms with E-state index in [9.17, 15) is 13.6 Å². The third-order valence-corrected chi connectivity index (χ3v) is 2.71. The van der Waals surface area contributed by atoms with Crippen LogP contribution in [0, 0.1) is 11.8 Å². The maximum atomic E-state index is 12.4. The van der Waals surface area contributed by atoms with Crippen molar-refractivity contribution in [2.24, 2.45) is 11.8 Å². The average molecular weight is 176 g/mol. The van der Waals surface area contributed by atoms with E-state index in [4.69, 9.17) is 0 Å². The minimum absolute atomic E-state index is 0.00463. The van der Waals surface area contributed by atoms with Crippen molar-refractivity contribution in [3.63, 3.8) is 0 Å². The molecule has 1 aliphatic carbocycles. The van der Waals surface area contributed by atoms with Gasteiger partial charge in [-0.05, 0) is 12.3 Å². The quantitative estimate of drug-likeness (QED) is 0.632. The molecule has 0 aromatic heterocycles. The highest BCUT2D eigenvalue weighted by atomic mass is 19.3. The first kappa shape index (κ1) is 9.62. The molecule has 0 aromatic carbocycles. The van der Waals surface area contributed by atoms with Gasteiger partial charge in [-0.15, -0.1) is 0 Å². The van der Waals surface area contributed by atoms with Gasteiger partial charge in [0.1, 0.15) is 5.78 Å². The molecule has 0 bridgehead atoms. The van der Waals surface area contributed by atoms with Gasteiger partial charge in [-0.1, -0.05) is 13.3 Å². The number of alkyl halides is 2. The molecular weight excluding hydrogens is 162 g/mol. The van der Waals surface area contributed by atoms with Crippen LogP contribution in [0.15, 0.2) is 0 Å². The zero-order valence-electron chi connectivity index (χ0n) is 7.22. The van der Waals surface area contributed by atoms with Gasteiger partial charge in [0, 0.05) is 18.8 Å². The van der Waals surface area contributed by atoms with Gasteiger partial charge in [0.15, 0.2) is 0 Å². The van der Waals surface area contributed by atoms with Gasteiger partial charge < -0.3 is 0 Å². The lowest BCUT2D eigenvalue weighted by atomic mass is 9.77. The monoisotopic (exact) mass is 176 g/mol. The first-order chi connectivity index (χ1) is 5.65. The number of ketones is 1. The first-order valence-electron chi connectivity index (χ1n) is 4.45. The molecule has 0 saturated heterocycles. The third-order valence-electron chi connectivity index (χ3n) is 2.71. The Labute approximate surface area is 71.1 Å². The van der Waals surface area contributed by atoms with E-state index in [-0.39, 0.29) is 18.1 Å². The molecule has 1 rings (SSSR count). The second-order valence-corrected chi connectivity index (χ2v) is 3.45. The molecule has 3 heteroatoms. The van der Waals surface area contributed by atoms with E-state index in [0.29, 0.717) is 12.8 Å². The second kappa shape index (κ2) is 3.97. The van der Waals surface area contributed by atoms with Crippen LogP contribution in [0.25, 0.3) is 0 Å². The molecule has 1 fully saturated rings. The van der Waals surface area contributed by atoms with Crippen LogP contribution in [0.2, 0.25) is 0 Å². The summed E-state index contributed by atoms with van der Waals surface area (Å²) in [5.41, 5.74) is 0. The third kappa shape index (κ3) is 2.02. The fraction of sp³-hybridized carbons (Fsp3) is 0.889. The molecule has 1 aliphatic rings. The maximum absolute atomic E-state index is 12.4. The summed E-state index contributed by atoms with van der Waals surface area (Å²) in [5, 5.41) is 0. The molecule has 0 heterocycles. The molecule has 0 amide bonds. The predicted molar refractivity (Wildman–Crippen MR) is 42.1 cm³/mol. The summed E-state index contributed by atoms with van der Waals surface area (Å²) in [6, 6.07) is 0. The van der Waals surface area contributed by atoms with Crippen LogP contribution in [0.3, 0.4) is 0 Å². The molecule has 2 atom stereocenters. The molecule has 2 unspecified atom stereocenters. The van der Waals surface area contributed by atoms with Crippen LogP contribution < -0.4 is 0 Å². The van der Waals surface area contributed by atoms with Crippen molar-refractivity contribution in [3.05, 3.63) is 0 Å². The van der Waals surface area contributed by atoms with Gasteiger partial charge in [0.05, 0.1) is 0 Å². The van der Waals surface area contributed by atoms with Crippen LogP contribution in [-0.2, 0) is 4.79 Å². The van der Waals surface area contributed by atoms with Crippen molar-refractivity contribution < 1.29 is 13.6 Å². The van der Waals surface area contributed by atoms with Crippen molar-refractivity contribution in [1.29, 1.82) is 0 Å². The molecule has 70 valence electrons. The number of halogens is 2. The normalized spacial score (nSPS) is 31.2. The highest BCUT2D eigenvalue weighted by Gasteiger charge is 2.34. The summed E-state index contributed by atoms with van der Waals surface area (Å²) < 4.78 is 24.8. The average Bonchev–Trinajstić information content (AvgIpc) is 2.04. The van der Waals surface area contributed by atoms with Gasteiger partial charge >= 0.3 is 0 Å². The van der Waals surface area contributed by atoms with Crippen LogP contribution in [0.1, 0.15) is 32.6 Å². The first-order valence-corrected chi connectivity index (χ1v) is 4.45. The molecule has 12 heavy (non-hydrogen) atoms. The lowest BCUT2D eigenvalue weighted by Crippen LogP contribution is -2.29. The van der Waals surface area contributed by atoms with Crippen molar-refractivity contribution in [3.8, 4) is 0 Å². The largest absolute Gasteiger partial charge is 0.300 e. The molecule has 1 saturated carbocycles. The van der Waals surface area contributed by atoms with E-state index < -0.39 is 12.3 Å². The van der Waals surface area contributed by atoms with Crippen LogP contribution in [-0.4, -0.2) is 12.2 Å². The van der Waals surface area contributed by atoms with Crippen LogP contribution >= 0.6 is 0 Å². The number of hydrogen-bond donors (Lipinski definition) is 0. The van der Waals surface area contributed by atoms with Crippen molar-refractivity contribution in [2.75, 3.05) is 0 Å². The molecule has 0 aliphatic heterocycles. The Hall–Kier alpha value is -0.470. The van der Waals surface area contributed by atoms with Crippen molar-refractivity contribution in [1.82, 2.24) is 0 Å². The number of Topliss-reactive ketones (excluding diaryl/α,β-unsaturated/α-hetero) is 1. The van der Waals surface area contributed by atoms with Gasteiger partial charge in [0.2, 0.25) is 6.43 Å². The molecular formula is C9H14F2O. The van der Waals surface area contributed by atoms with E-state index in [2.05, 4.69) is 0 Å². The summed E-state index contributed by atoms with van der Waals surface area (Å²) in [4.78, 5) is 10.9. The Morgan fingerprint density at radius 3 is 2.75 bits per heavy atom. The Balaban J connectivity index is 2.57. The van der Waals surface area contributed by atoms with Gasteiger partial charge in [-0.3, -0.25) is 4.79 Å². The Morgan fingerprint density at radius 2 is 2.25 bits per heavy atom. The Kier molecular flexibility index (Phi) is 3.18. The number of hydrogen-bond acceptors (Lipinski definition) is 1. The summed E-state index contributed by atoms with van der Waals surface area (Å²) in [6.07, 6.45) is -0.302. The molecule has 1 nitrogen and oxygen atoms in total. The summed E-state index contributed by atoms with van der Waals surface area (Å²) in [7, 11) is 0. The minimum atomic E-state index is -2.32. The summed E-state index contributed by atoms with van der Waals surface area (Å²) in [6.45, 7) is 1.91. The SMILES string of the molecule is CCC1CCC(=O)CC1C(F)F. The number of rotatable bonds is 2.